The third kappa shape index (κ3) is 3.70. The smallest absolute Gasteiger partial charge is 0.165 e. The second kappa shape index (κ2) is 8.90. The molecule has 1 fully saturated rings. The van der Waals surface area contributed by atoms with Gasteiger partial charge in [0, 0.05) is 37.0 Å². The molecule has 31 heavy (non-hydrogen) atoms. The van der Waals surface area contributed by atoms with Gasteiger partial charge < -0.3 is 20.8 Å². The molecule has 5 N–H and O–H groups in total. The highest BCUT2D eigenvalue weighted by Gasteiger charge is 2.40. The van der Waals surface area contributed by atoms with Crippen molar-refractivity contribution >= 4 is 52.5 Å². The number of allylic oxidation sites excluding steroid dienone is 1. The first-order chi connectivity index (χ1) is 15.1. The largest absolute Gasteiger partial charge is 0.396 e. The molecule has 0 amide bonds. The number of anilines is 2. The highest BCUT2D eigenvalue weighted by atomic mass is 32.1. The maximum atomic E-state index is 8.69. The van der Waals surface area contributed by atoms with Crippen molar-refractivity contribution in [3.8, 4) is 0 Å². The lowest BCUT2D eigenvalue weighted by molar-refractivity contribution is 0.0833. The number of aromatic nitrogens is 3. The summed E-state index contributed by atoms with van der Waals surface area (Å²) < 4.78 is 5.55. The molecule has 0 bridgehead atoms. The van der Waals surface area contributed by atoms with Gasteiger partial charge in [-0.05, 0) is 19.3 Å². The zero-order valence-corrected chi connectivity index (χ0v) is 18.0. The van der Waals surface area contributed by atoms with Gasteiger partial charge in [-0.1, -0.05) is 6.92 Å². The predicted molar refractivity (Wildman–Crippen MR) is 123 cm³/mol. The van der Waals surface area contributed by atoms with E-state index in [9.17, 15) is 0 Å². The van der Waals surface area contributed by atoms with E-state index in [4.69, 9.17) is 31.7 Å². The molecule has 0 spiro atoms. The number of nitrogens with zero attached hydrogens (tertiary/aromatic N) is 5. The van der Waals surface area contributed by atoms with Gasteiger partial charge in [0.05, 0.1) is 29.8 Å². The van der Waals surface area contributed by atoms with Crippen LogP contribution in [0, 0.1) is 16.2 Å². The Balaban J connectivity index is 1.87. The molecule has 0 aliphatic carbocycles. The van der Waals surface area contributed by atoms with E-state index in [2.05, 4.69) is 14.9 Å². The summed E-state index contributed by atoms with van der Waals surface area (Å²) in [6, 6.07) is -0.0548. The maximum absolute atomic E-state index is 8.69. The van der Waals surface area contributed by atoms with Crippen LogP contribution in [-0.4, -0.2) is 58.6 Å². The summed E-state index contributed by atoms with van der Waals surface area (Å²) in [7, 11) is 0. The second-order valence-electron chi connectivity index (χ2n) is 7.27. The molecule has 2 aromatic rings. The first-order valence-electron chi connectivity index (χ1n) is 10.1. The van der Waals surface area contributed by atoms with Gasteiger partial charge in [-0.3, -0.25) is 15.7 Å². The number of nitrogens with two attached hydrogens (primary N) is 1. The minimum atomic E-state index is -0.219. The van der Waals surface area contributed by atoms with Crippen LogP contribution in [0.3, 0.4) is 0 Å². The van der Waals surface area contributed by atoms with Gasteiger partial charge in [-0.15, -0.1) is 11.3 Å². The van der Waals surface area contributed by atoms with Gasteiger partial charge in [0.15, 0.2) is 11.6 Å². The Labute approximate surface area is 184 Å². The summed E-state index contributed by atoms with van der Waals surface area (Å²) in [6.07, 6.45) is 7.92. The van der Waals surface area contributed by atoms with E-state index in [1.54, 1.807) is 12.4 Å². The third-order valence-corrected chi connectivity index (χ3v) is 6.41. The number of amidine groups is 1. The molecule has 2 aliphatic heterocycles. The maximum Gasteiger partial charge on any atom is 0.165 e. The molecule has 1 atom stereocenters. The van der Waals surface area contributed by atoms with Gasteiger partial charge in [0.25, 0.3) is 0 Å². The molecule has 11 heteroatoms. The molecule has 4 heterocycles. The number of hydrogen-bond acceptors (Lipinski definition) is 10. The van der Waals surface area contributed by atoms with Gasteiger partial charge in [-0.2, -0.15) is 0 Å². The Morgan fingerprint density at radius 2 is 2.10 bits per heavy atom. The fourth-order valence-electron chi connectivity index (χ4n) is 4.08. The van der Waals surface area contributed by atoms with Crippen molar-refractivity contribution in [1.82, 2.24) is 15.0 Å². The molecule has 2 aliphatic rings. The lowest BCUT2D eigenvalue weighted by Gasteiger charge is -2.46. The van der Waals surface area contributed by atoms with Crippen molar-refractivity contribution in [3.05, 3.63) is 28.6 Å². The molecule has 2 aromatic heterocycles. The number of thiazole rings is 1. The Hall–Kier alpha value is -3.18. The number of hydrogen-bond donors (Lipinski definition) is 4. The monoisotopic (exact) mass is 439 g/mol. The van der Waals surface area contributed by atoms with Crippen LogP contribution in [0.15, 0.2) is 17.8 Å². The summed E-state index contributed by atoms with van der Waals surface area (Å²) in [5.74, 6) is 1.30. The van der Waals surface area contributed by atoms with Gasteiger partial charge in [-0.25, -0.2) is 15.0 Å². The van der Waals surface area contributed by atoms with E-state index in [0.29, 0.717) is 59.1 Å². The van der Waals surface area contributed by atoms with Crippen molar-refractivity contribution in [3.63, 3.8) is 0 Å². The van der Waals surface area contributed by atoms with Crippen LogP contribution in [0.4, 0.5) is 11.5 Å². The van der Waals surface area contributed by atoms with Gasteiger partial charge >= 0.3 is 0 Å². The quantitative estimate of drug-likeness (QED) is 0.399. The first kappa shape index (κ1) is 21.1. The zero-order chi connectivity index (χ0) is 22.0. The van der Waals surface area contributed by atoms with Crippen LogP contribution >= 0.6 is 11.3 Å². The standard InChI is InChI=1S/C20H25N9OS/c1-2-14-17(24)28(11-22)15-10-26-18(13(9-21)16(23)20-25-5-8-31-20)27-19(15)29(14)12-3-6-30-7-4-12/h5,8-12,14,21-22,24H,2-4,6-7,23H2,1H3/b16-13+,21-9?,22-11?,24-17?/t14-/m1/s1. The molecule has 0 unspecified atom stereocenters. The van der Waals surface area contributed by atoms with E-state index in [1.807, 2.05) is 12.3 Å². The zero-order valence-electron chi connectivity index (χ0n) is 17.2. The Morgan fingerprint density at radius 3 is 2.71 bits per heavy atom. The second-order valence-corrected chi connectivity index (χ2v) is 8.17. The van der Waals surface area contributed by atoms with E-state index >= 15 is 0 Å². The van der Waals surface area contributed by atoms with Crippen LogP contribution < -0.4 is 15.5 Å². The molecule has 0 aromatic carbocycles. The van der Waals surface area contributed by atoms with Crippen LogP contribution in [0.25, 0.3) is 11.3 Å². The highest BCUT2D eigenvalue weighted by molar-refractivity contribution is 7.10. The van der Waals surface area contributed by atoms with E-state index < -0.39 is 0 Å². The minimum Gasteiger partial charge on any atom is -0.396 e. The van der Waals surface area contributed by atoms with Crippen LogP contribution in [0.2, 0.25) is 0 Å². The normalized spacial score (nSPS) is 20.3. The summed E-state index contributed by atoms with van der Waals surface area (Å²) in [4.78, 5) is 17.2. The van der Waals surface area contributed by atoms with Crippen molar-refractivity contribution in [1.29, 1.82) is 16.2 Å². The summed E-state index contributed by atoms with van der Waals surface area (Å²) in [5.41, 5.74) is 7.61. The Bertz CT molecular complexity index is 1010. The minimum absolute atomic E-state index is 0.164. The Morgan fingerprint density at radius 1 is 1.32 bits per heavy atom. The van der Waals surface area contributed by atoms with Crippen molar-refractivity contribution in [2.24, 2.45) is 5.73 Å². The predicted octanol–water partition coefficient (Wildman–Crippen LogP) is 2.58. The molecule has 1 saturated heterocycles. The van der Waals surface area contributed by atoms with E-state index in [1.165, 1.54) is 16.2 Å². The number of fused-ring (bicyclic) bond motifs is 1. The average Bonchev–Trinajstić information content (AvgIpc) is 3.34. The number of rotatable bonds is 6. The van der Waals surface area contributed by atoms with Crippen LogP contribution in [-0.2, 0) is 4.74 Å². The molecular formula is C20H25N9OS. The molecular weight excluding hydrogens is 414 g/mol. The highest BCUT2D eigenvalue weighted by Crippen LogP contribution is 2.38. The van der Waals surface area contributed by atoms with Gasteiger partial charge in [0.1, 0.15) is 16.5 Å². The van der Waals surface area contributed by atoms with E-state index in [-0.39, 0.29) is 12.1 Å². The number of nitrogens with one attached hydrogen (secondary N) is 3. The summed E-state index contributed by atoms with van der Waals surface area (Å²) in [5, 5.41) is 26.9. The molecule has 0 saturated carbocycles. The summed E-state index contributed by atoms with van der Waals surface area (Å²) in [6.45, 7) is 3.36. The topological polar surface area (TPSA) is 152 Å². The van der Waals surface area contributed by atoms with Crippen LogP contribution in [0.5, 0.6) is 0 Å². The average molecular weight is 440 g/mol. The van der Waals surface area contributed by atoms with Crippen molar-refractivity contribution < 1.29 is 4.74 Å². The number of ether oxygens (including phenoxy) is 1. The molecule has 162 valence electrons. The Kier molecular flexibility index (Phi) is 6.05. The van der Waals surface area contributed by atoms with Gasteiger partial charge in [0.2, 0.25) is 0 Å². The lowest BCUT2D eigenvalue weighted by Crippen LogP contribution is -2.57. The first-order valence-corrected chi connectivity index (χ1v) is 11.0. The molecule has 10 nitrogen and oxygen atoms in total. The van der Waals surface area contributed by atoms with E-state index in [0.717, 1.165) is 25.4 Å². The fourth-order valence-corrected chi connectivity index (χ4v) is 4.69. The lowest BCUT2D eigenvalue weighted by atomic mass is 9.99. The van der Waals surface area contributed by atoms with Crippen LogP contribution in [0.1, 0.15) is 37.0 Å². The summed E-state index contributed by atoms with van der Waals surface area (Å²) >= 11 is 1.39. The molecule has 4 rings (SSSR count). The SMILES string of the molecule is CC[C@@H]1C(=N)N(C=N)c2cnc(/C(C=N)=C(/N)c3nccs3)nc2N1C1CCOCC1. The van der Waals surface area contributed by atoms with Crippen molar-refractivity contribution in [2.75, 3.05) is 23.0 Å². The molecule has 0 radical (unpaired) electrons. The third-order valence-electron chi connectivity index (χ3n) is 5.60. The fraction of sp³-hybridized carbons (Fsp3) is 0.400. The van der Waals surface area contributed by atoms with Crippen molar-refractivity contribution in [2.45, 2.75) is 38.3 Å².